The molecule has 0 aromatic heterocycles. The zero-order valence-corrected chi connectivity index (χ0v) is 9.75. The van der Waals surface area contributed by atoms with Crippen LogP contribution < -0.4 is 10.1 Å². The van der Waals surface area contributed by atoms with Crippen molar-refractivity contribution in [1.29, 1.82) is 0 Å². The number of ether oxygens (including phenoxy) is 1. The fraction of sp³-hybridized carbons (Fsp3) is 0.308. The van der Waals surface area contributed by atoms with Crippen LogP contribution in [0, 0.1) is 0 Å². The molecule has 3 nitrogen and oxygen atoms in total. The molecule has 16 heavy (non-hydrogen) atoms. The minimum absolute atomic E-state index is 0.0303. The molecule has 1 N–H and O–H groups in total. The van der Waals surface area contributed by atoms with Crippen LogP contribution in [0.4, 0.5) is 0 Å². The lowest BCUT2D eigenvalue weighted by Crippen LogP contribution is -2.24. The smallest absolute Gasteiger partial charge is 0.224 e. The Morgan fingerprint density at radius 1 is 1.56 bits per heavy atom. The van der Waals surface area contributed by atoms with Gasteiger partial charge in [-0.3, -0.25) is 4.79 Å². The van der Waals surface area contributed by atoms with Gasteiger partial charge in [-0.1, -0.05) is 18.7 Å². The summed E-state index contributed by atoms with van der Waals surface area (Å²) in [6, 6.07) is 5.66. The molecule has 0 saturated carbocycles. The average molecular weight is 219 g/mol. The van der Waals surface area contributed by atoms with Crippen LogP contribution >= 0.6 is 0 Å². The van der Waals surface area contributed by atoms with Gasteiger partial charge in [0.2, 0.25) is 5.91 Å². The summed E-state index contributed by atoms with van der Waals surface area (Å²) in [5.41, 5.74) is 1.87. The number of methoxy groups -OCH3 is 1. The highest BCUT2D eigenvalue weighted by Crippen LogP contribution is 2.20. The summed E-state index contributed by atoms with van der Waals surface area (Å²) in [4.78, 5) is 11.4. The summed E-state index contributed by atoms with van der Waals surface area (Å²) >= 11 is 0. The van der Waals surface area contributed by atoms with E-state index < -0.39 is 0 Å². The van der Waals surface area contributed by atoms with Crippen molar-refractivity contribution in [3.8, 4) is 5.75 Å². The van der Waals surface area contributed by atoms with E-state index in [0.717, 1.165) is 16.9 Å². The maximum absolute atomic E-state index is 11.4. The van der Waals surface area contributed by atoms with Crippen LogP contribution in [0.25, 0.3) is 6.08 Å². The number of hydrogen-bond donors (Lipinski definition) is 1. The van der Waals surface area contributed by atoms with Crippen molar-refractivity contribution in [1.82, 2.24) is 5.32 Å². The molecule has 1 rings (SSSR count). The fourth-order valence-electron chi connectivity index (χ4n) is 1.50. The molecule has 0 atom stereocenters. The second kappa shape index (κ2) is 5.95. The minimum atomic E-state index is 0.0303. The van der Waals surface area contributed by atoms with Crippen LogP contribution in [0.15, 0.2) is 24.8 Å². The maximum Gasteiger partial charge on any atom is 0.224 e. The van der Waals surface area contributed by atoms with Gasteiger partial charge in [-0.25, -0.2) is 0 Å². The van der Waals surface area contributed by atoms with Gasteiger partial charge >= 0.3 is 0 Å². The molecule has 0 aliphatic rings. The highest BCUT2D eigenvalue weighted by molar-refractivity contribution is 5.78. The van der Waals surface area contributed by atoms with E-state index in [0.29, 0.717) is 13.0 Å². The third-order valence-electron chi connectivity index (χ3n) is 2.25. The molecule has 1 aromatic carbocycles. The Morgan fingerprint density at radius 2 is 2.31 bits per heavy atom. The van der Waals surface area contributed by atoms with Crippen LogP contribution in [0.1, 0.15) is 18.1 Å². The van der Waals surface area contributed by atoms with Gasteiger partial charge in [-0.2, -0.15) is 0 Å². The Morgan fingerprint density at radius 3 is 2.88 bits per heavy atom. The van der Waals surface area contributed by atoms with E-state index >= 15 is 0 Å². The van der Waals surface area contributed by atoms with Gasteiger partial charge in [-0.05, 0) is 24.6 Å². The van der Waals surface area contributed by atoms with Crippen LogP contribution in [-0.2, 0) is 11.2 Å². The molecule has 0 fully saturated rings. The first-order valence-corrected chi connectivity index (χ1v) is 5.27. The summed E-state index contributed by atoms with van der Waals surface area (Å²) in [6.45, 7) is 6.28. The van der Waals surface area contributed by atoms with E-state index in [1.807, 2.05) is 25.1 Å². The van der Waals surface area contributed by atoms with Crippen LogP contribution in [0.5, 0.6) is 5.75 Å². The molecule has 0 spiro atoms. The number of likely N-dealkylation sites (N-methyl/N-ethyl adjacent to an activating group) is 1. The Bertz CT molecular complexity index is 386. The Labute approximate surface area is 96.1 Å². The third kappa shape index (κ3) is 3.12. The lowest BCUT2D eigenvalue weighted by molar-refractivity contribution is -0.120. The number of benzene rings is 1. The predicted octanol–water partition coefficient (Wildman–Crippen LogP) is 2.02. The summed E-state index contributed by atoms with van der Waals surface area (Å²) in [7, 11) is 1.62. The normalized spacial score (nSPS) is 9.62. The zero-order valence-electron chi connectivity index (χ0n) is 9.75. The third-order valence-corrected chi connectivity index (χ3v) is 2.25. The van der Waals surface area contributed by atoms with Crippen LogP contribution in [0.2, 0.25) is 0 Å². The van der Waals surface area contributed by atoms with Gasteiger partial charge in [0.05, 0.1) is 13.5 Å². The number of nitrogens with one attached hydrogen (secondary N) is 1. The van der Waals surface area contributed by atoms with Gasteiger partial charge in [0.1, 0.15) is 5.75 Å². The fourth-order valence-corrected chi connectivity index (χ4v) is 1.50. The van der Waals surface area contributed by atoms with Gasteiger partial charge in [0, 0.05) is 12.1 Å². The first-order chi connectivity index (χ1) is 7.71. The summed E-state index contributed by atoms with van der Waals surface area (Å²) in [6.07, 6.45) is 2.11. The van der Waals surface area contributed by atoms with Crippen molar-refractivity contribution >= 4 is 12.0 Å². The highest BCUT2D eigenvalue weighted by atomic mass is 16.5. The predicted molar refractivity (Wildman–Crippen MR) is 65.5 cm³/mol. The number of carbonyl (C=O) groups is 1. The molecular weight excluding hydrogens is 202 g/mol. The molecule has 1 amide bonds. The number of carbonyl (C=O) groups excluding carboxylic acids is 1. The lowest BCUT2D eigenvalue weighted by atomic mass is 10.1. The highest BCUT2D eigenvalue weighted by Gasteiger charge is 2.05. The maximum atomic E-state index is 11.4. The van der Waals surface area contributed by atoms with Crippen molar-refractivity contribution < 1.29 is 9.53 Å². The average Bonchev–Trinajstić information content (AvgIpc) is 2.29. The van der Waals surface area contributed by atoms with Gasteiger partial charge in [-0.15, -0.1) is 0 Å². The zero-order chi connectivity index (χ0) is 12.0. The molecule has 0 radical (unpaired) electrons. The van der Waals surface area contributed by atoms with E-state index in [9.17, 15) is 4.79 Å². The first-order valence-electron chi connectivity index (χ1n) is 5.27. The SMILES string of the molecule is C=Cc1cc(CC(=O)NCC)ccc1OC. The standard InChI is InChI=1S/C13H17NO2/c1-4-11-8-10(6-7-12(11)16-3)9-13(15)14-5-2/h4,6-8H,1,5,9H2,2-3H3,(H,14,15). The molecule has 0 saturated heterocycles. The largest absolute Gasteiger partial charge is 0.496 e. The van der Waals surface area contributed by atoms with Crippen LogP contribution in [-0.4, -0.2) is 19.6 Å². The van der Waals surface area contributed by atoms with Gasteiger partial charge in [0.25, 0.3) is 0 Å². The van der Waals surface area contributed by atoms with Crippen molar-refractivity contribution in [3.63, 3.8) is 0 Å². The quantitative estimate of drug-likeness (QED) is 0.822. The van der Waals surface area contributed by atoms with E-state index in [1.54, 1.807) is 13.2 Å². The van der Waals surface area contributed by atoms with Crippen molar-refractivity contribution in [2.24, 2.45) is 0 Å². The molecule has 0 aliphatic heterocycles. The van der Waals surface area contributed by atoms with Crippen molar-refractivity contribution in [2.75, 3.05) is 13.7 Å². The topological polar surface area (TPSA) is 38.3 Å². The Kier molecular flexibility index (Phi) is 4.58. The van der Waals surface area contributed by atoms with Crippen molar-refractivity contribution in [2.45, 2.75) is 13.3 Å². The van der Waals surface area contributed by atoms with Gasteiger partial charge in [0.15, 0.2) is 0 Å². The molecule has 0 aliphatic carbocycles. The molecule has 3 heteroatoms. The van der Waals surface area contributed by atoms with E-state index in [4.69, 9.17) is 4.74 Å². The molecule has 0 unspecified atom stereocenters. The first kappa shape index (κ1) is 12.3. The minimum Gasteiger partial charge on any atom is -0.496 e. The van der Waals surface area contributed by atoms with E-state index in [2.05, 4.69) is 11.9 Å². The Balaban J connectivity index is 2.82. The summed E-state index contributed by atoms with van der Waals surface area (Å²) in [5.74, 6) is 0.803. The number of rotatable bonds is 5. The van der Waals surface area contributed by atoms with Crippen LogP contribution in [0.3, 0.4) is 0 Å². The van der Waals surface area contributed by atoms with Gasteiger partial charge < -0.3 is 10.1 Å². The summed E-state index contributed by atoms with van der Waals surface area (Å²) < 4.78 is 5.17. The second-order valence-electron chi connectivity index (χ2n) is 3.41. The number of hydrogen-bond acceptors (Lipinski definition) is 2. The van der Waals surface area contributed by atoms with Crippen molar-refractivity contribution in [3.05, 3.63) is 35.9 Å². The molecular formula is C13H17NO2. The molecule has 1 aromatic rings. The number of amides is 1. The molecule has 0 bridgehead atoms. The lowest BCUT2D eigenvalue weighted by Gasteiger charge is -2.07. The monoisotopic (exact) mass is 219 g/mol. The molecule has 86 valence electrons. The second-order valence-corrected chi connectivity index (χ2v) is 3.41. The summed E-state index contributed by atoms with van der Waals surface area (Å²) in [5, 5.41) is 2.76. The van der Waals surface area contributed by atoms with E-state index in [1.165, 1.54) is 0 Å². The van der Waals surface area contributed by atoms with E-state index in [-0.39, 0.29) is 5.91 Å². The Hall–Kier alpha value is -1.77. The molecule has 0 heterocycles.